The molecule has 2 bridgehead atoms. The van der Waals surface area contributed by atoms with Gasteiger partial charge in [-0.05, 0) is 43.4 Å². The first-order valence-electron chi connectivity index (χ1n) is 5.54. The summed E-state index contributed by atoms with van der Waals surface area (Å²) < 4.78 is 4.64. The summed E-state index contributed by atoms with van der Waals surface area (Å²) in [5, 5.41) is 0. The number of fused-ring (bicyclic) bond motifs is 2. The first kappa shape index (κ1) is 9.97. The molecule has 0 amide bonds. The van der Waals surface area contributed by atoms with E-state index in [-0.39, 0.29) is 5.97 Å². The van der Waals surface area contributed by atoms with Crippen LogP contribution in [0.2, 0.25) is 0 Å². The second kappa shape index (κ2) is 3.89. The fourth-order valence-corrected chi connectivity index (χ4v) is 3.24. The molecular formula is C11H19NO2. The minimum atomic E-state index is -0.399. The summed E-state index contributed by atoms with van der Waals surface area (Å²) in [5.74, 6) is 2.20. The van der Waals surface area contributed by atoms with Gasteiger partial charge in [-0.15, -0.1) is 0 Å². The van der Waals surface area contributed by atoms with Gasteiger partial charge in [-0.3, -0.25) is 4.79 Å². The normalized spacial score (nSPS) is 37.1. The summed E-state index contributed by atoms with van der Waals surface area (Å²) in [6.45, 7) is 0. The molecule has 2 N–H and O–H groups in total. The number of carbonyl (C=O) groups is 1. The van der Waals surface area contributed by atoms with Crippen LogP contribution in [0, 0.1) is 17.8 Å². The van der Waals surface area contributed by atoms with Gasteiger partial charge in [-0.25, -0.2) is 0 Å². The molecule has 0 aliphatic heterocycles. The smallest absolute Gasteiger partial charge is 0.322 e. The molecule has 3 heteroatoms. The first-order chi connectivity index (χ1) is 6.70. The van der Waals surface area contributed by atoms with Gasteiger partial charge in [0.05, 0.1) is 7.11 Å². The number of hydrogen-bond donors (Lipinski definition) is 1. The molecule has 2 aliphatic carbocycles. The number of nitrogens with two attached hydrogens (primary N) is 1. The van der Waals surface area contributed by atoms with Crippen molar-refractivity contribution in [1.29, 1.82) is 0 Å². The lowest BCUT2D eigenvalue weighted by Gasteiger charge is -2.23. The maximum Gasteiger partial charge on any atom is 0.322 e. The van der Waals surface area contributed by atoms with Crippen molar-refractivity contribution in [2.75, 3.05) is 7.11 Å². The van der Waals surface area contributed by atoms with Crippen LogP contribution in [0.3, 0.4) is 0 Å². The average molecular weight is 197 g/mol. The number of methoxy groups -OCH3 is 1. The van der Waals surface area contributed by atoms with Crippen LogP contribution >= 0.6 is 0 Å². The molecule has 0 spiro atoms. The van der Waals surface area contributed by atoms with Crippen molar-refractivity contribution in [3.05, 3.63) is 0 Å². The molecule has 2 saturated carbocycles. The van der Waals surface area contributed by atoms with Crippen LogP contribution in [0.1, 0.15) is 32.1 Å². The molecule has 4 atom stereocenters. The lowest BCUT2D eigenvalue weighted by atomic mass is 9.84. The van der Waals surface area contributed by atoms with Gasteiger partial charge < -0.3 is 10.5 Å². The third kappa shape index (κ3) is 1.78. The van der Waals surface area contributed by atoms with Crippen molar-refractivity contribution in [2.24, 2.45) is 23.5 Å². The number of rotatable bonds is 3. The SMILES string of the molecule is COC(=O)[C@H](N)CC1CC2CCC1C2. The second-order valence-electron chi connectivity index (χ2n) is 4.80. The number of esters is 1. The summed E-state index contributed by atoms with van der Waals surface area (Å²) in [6, 6.07) is -0.399. The Morgan fingerprint density at radius 1 is 1.50 bits per heavy atom. The highest BCUT2D eigenvalue weighted by molar-refractivity contribution is 5.75. The van der Waals surface area contributed by atoms with Crippen LogP contribution in [-0.4, -0.2) is 19.1 Å². The van der Waals surface area contributed by atoms with Gasteiger partial charge in [-0.1, -0.05) is 6.42 Å². The molecular weight excluding hydrogens is 178 g/mol. The number of carbonyl (C=O) groups excluding carboxylic acids is 1. The topological polar surface area (TPSA) is 52.3 Å². The molecule has 0 aromatic heterocycles. The van der Waals surface area contributed by atoms with Gasteiger partial charge >= 0.3 is 5.97 Å². The van der Waals surface area contributed by atoms with E-state index in [1.807, 2.05) is 0 Å². The van der Waals surface area contributed by atoms with E-state index in [4.69, 9.17) is 5.73 Å². The number of hydrogen-bond acceptors (Lipinski definition) is 3. The van der Waals surface area contributed by atoms with Crippen molar-refractivity contribution >= 4 is 5.97 Å². The summed E-state index contributed by atoms with van der Waals surface area (Å²) in [5.41, 5.74) is 5.76. The fourth-order valence-electron chi connectivity index (χ4n) is 3.24. The molecule has 2 aliphatic rings. The Kier molecular flexibility index (Phi) is 2.77. The minimum absolute atomic E-state index is 0.257. The molecule has 14 heavy (non-hydrogen) atoms. The van der Waals surface area contributed by atoms with Crippen molar-refractivity contribution < 1.29 is 9.53 Å². The molecule has 3 nitrogen and oxygen atoms in total. The van der Waals surface area contributed by atoms with Crippen molar-refractivity contribution in [2.45, 2.75) is 38.1 Å². The van der Waals surface area contributed by atoms with Crippen molar-refractivity contribution in [3.63, 3.8) is 0 Å². The highest BCUT2D eigenvalue weighted by atomic mass is 16.5. The highest BCUT2D eigenvalue weighted by Crippen LogP contribution is 2.49. The molecule has 0 aromatic rings. The van der Waals surface area contributed by atoms with Crippen LogP contribution < -0.4 is 5.73 Å². The Bertz CT molecular complexity index is 229. The van der Waals surface area contributed by atoms with Crippen LogP contribution in [0.5, 0.6) is 0 Å². The average Bonchev–Trinajstić information content (AvgIpc) is 2.77. The molecule has 0 radical (unpaired) electrons. The third-order valence-corrected chi connectivity index (χ3v) is 3.95. The first-order valence-corrected chi connectivity index (χ1v) is 5.54. The maximum absolute atomic E-state index is 11.2. The van der Waals surface area contributed by atoms with E-state index in [0.717, 1.165) is 18.3 Å². The summed E-state index contributed by atoms with van der Waals surface area (Å²) in [7, 11) is 1.41. The molecule has 0 saturated heterocycles. The van der Waals surface area contributed by atoms with Gasteiger partial charge in [0.15, 0.2) is 0 Å². The molecule has 2 rings (SSSR count). The van der Waals surface area contributed by atoms with Crippen LogP contribution in [0.15, 0.2) is 0 Å². The highest BCUT2D eigenvalue weighted by Gasteiger charge is 2.40. The summed E-state index contributed by atoms with van der Waals surface area (Å²) >= 11 is 0. The van der Waals surface area contributed by atoms with Gasteiger partial charge in [0, 0.05) is 0 Å². The minimum Gasteiger partial charge on any atom is -0.468 e. The Morgan fingerprint density at radius 2 is 2.29 bits per heavy atom. The fraction of sp³-hybridized carbons (Fsp3) is 0.909. The molecule has 2 fully saturated rings. The predicted octanol–water partition coefficient (Wildman–Crippen LogP) is 1.31. The van der Waals surface area contributed by atoms with Gasteiger partial charge in [0.25, 0.3) is 0 Å². The quantitative estimate of drug-likeness (QED) is 0.694. The van der Waals surface area contributed by atoms with E-state index >= 15 is 0 Å². The van der Waals surface area contributed by atoms with Gasteiger partial charge in [-0.2, -0.15) is 0 Å². The van der Waals surface area contributed by atoms with E-state index in [0.29, 0.717) is 5.92 Å². The Morgan fingerprint density at radius 3 is 2.79 bits per heavy atom. The standard InChI is InChI=1S/C11H19NO2/c1-14-11(13)10(12)6-9-5-7-2-3-8(9)4-7/h7-10H,2-6,12H2,1H3/t7?,8?,9?,10-/m1/s1. The van der Waals surface area contributed by atoms with Crippen molar-refractivity contribution in [3.8, 4) is 0 Å². The van der Waals surface area contributed by atoms with E-state index in [1.165, 1.54) is 32.8 Å². The lowest BCUT2D eigenvalue weighted by Crippen LogP contribution is -2.34. The Labute approximate surface area is 85.0 Å². The molecule has 0 heterocycles. The molecule has 3 unspecified atom stereocenters. The van der Waals surface area contributed by atoms with Crippen LogP contribution in [0.25, 0.3) is 0 Å². The summed E-state index contributed by atoms with van der Waals surface area (Å²) in [4.78, 5) is 11.2. The molecule has 80 valence electrons. The Hall–Kier alpha value is -0.570. The van der Waals surface area contributed by atoms with E-state index in [1.54, 1.807) is 0 Å². The van der Waals surface area contributed by atoms with Crippen molar-refractivity contribution in [1.82, 2.24) is 0 Å². The maximum atomic E-state index is 11.2. The predicted molar refractivity (Wildman–Crippen MR) is 53.5 cm³/mol. The second-order valence-corrected chi connectivity index (χ2v) is 4.80. The van der Waals surface area contributed by atoms with Gasteiger partial charge in [0.1, 0.15) is 6.04 Å². The van der Waals surface area contributed by atoms with E-state index < -0.39 is 6.04 Å². The van der Waals surface area contributed by atoms with E-state index in [9.17, 15) is 4.79 Å². The van der Waals surface area contributed by atoms with Gasteiger partial charge in [0.2, 0.25) is 0 Å². The lowest BCUT2D eigenvalue weighted by molar-refractivity contribution is -0.142. The van der Waals surface area contributed by atoms with E-state index in [2.05, 4.69) is 4.74 Å². The van der Waals surface area contributed by atoms with Crippen LogP contribution in [0.4, 0.5) is 0 Å². The third-order valence-electron chi connectivity index (χ3n) is 3.95. The number of ether oxygens (including phenoxy) is 1. The largest absolute Gasteiger partial charge is 0.468 e. The monoisotopic (exact) mass is 197 g/mol. The Balaban J connectivity index is 1.83. The summed E-state index contributed by atoms with van der Waals surface area (Å²) in [6.07, 6.45) is 6.24. The zero-order valence-corrected chi connectivity index (χ0v) is 8.74. The zero-order valence-electron chi connectivity index (χ0n) is 8.74. The molecule has 0 aromatic carbocycles. The van der Waals surface area contributed by atoms with Crippen LogP contribution in [-0.2, 0) is 9.53 Å². The zero-order chi connectivity index (χ0) is 10.1.